The van der Waals surface area contributed by atoms with Crippen molar-refractivity contribution in [2.75, 3.05) is 44.4 Å². The molecule has 0 amide bonds. The van der Waals surface area contributed by atoms with Crippen LogP contribution in [0.2, 0.25) is 0 Å². The molecule has 0 aliphatic carbocycles. The highest BCUT2D eigenvalue weighted by Crippen LogP contribution is 2.32. The summed E-state index contributed by atoms with van der Waals surface area (Å²) in [6, 6.07) is 5.90. The first-order valence-electron chi connectivity index (χ1n) is 16.4. The predicted octanol–water partition coefficient (Wildman–Crippen LogP) is 8.27. The molecule has 1 aromatic carbocycles. The third-order valence-corrected chi connectivity index (χ3v) is 5.72. The van der Waals surface area contributed by atoms with Crippen LogP contribution in [0.1, 0.15) is 94.6 Å². The number of fused-ring (bicyclic) bond motifs is 1. The summed E-state index contributed by atoms with van der Waals surface area (Å²) in [6.45, 7) is 25.1. The summed E-state index contributed by atoms with van der Waals surface area (Å²) < 4.78 is 11.6. The van der Waals surface area contributed by atoms with Crippen LogP contribution in [0.3, 0.4) is 0 Å². The third-order valence-electron chi connectivity index (χ3n) is 5.72. The Morgan fingerprint density at radius 1 is 1.07 bits per heavy atom. The Hall–Kier alpha value is -3.79. The molecule has 10 nitrogen and oxygen atoms in total. The number of methoxy groups -OCH3 is 1. The molecule has 0 unspecified atom stereocenters. The summed E-state index contributed by atoms with van der Waals surface area (Å²) >= 11 is 0. The number of nitrogens with one attached hydrogen (secondary N) is 4. The first-order valence-corrected chi connectivity index (χ1v) is 16.4. The van der Waals surface area contributed by atoms with E-state index in [4.69, 9.17) is 9.47 Å². The third kappa shape index (κ3) is 16.0. The number of ketones is 1. The molecular weight excluding hydrogens is 578 g/mol. The van der Waals surface area contributed by atoms with Crippen LogP contribution in [-0.2, 0) is 16.1 Å². The molecule has 4 N–H and O–H groups in total. The average Bonchev–Trinajstić information content (AvgIpc) is 3.35. The van der Waals surface area contributed by atoms with E-state index in [1.807, 2.05) is 71.0 Å². The molecule has 0 saturated carbocycles. The number of aromatic amines is 1. The Bertz CT molecular complexity index is 1350. The quantitative estimate of drug-likeness (QED) is 0.0963. The van der Waals surface area contributed by atoms with Crippen LogP contribution < -0.4 is 20.7 Å². The van der Waals surface area contributed by atoms with Gasteiger partial charge in [-0.1, -0.05) is 48.5 Å². The number of benzene rings is 1. The Morgan fingerprint density at radius 3 is 2.33 bits per heavy atom. The molecule has 0 fully saturated rings. The van der Waals surface area contributed by atoms with Gasteiger partial charge in [-0.2, -0.15) is 0 Å². The minimum Gasteiger partial charge on any atom is -0.495 e. The van der Waals surface area contributed by atoms with E-state index in [1.165, 1.54) is 6.33 Å². The normalized spacial score (nSPS) is 11.7. The minimum atomic E-state index is -0.242. The van der Waals surface area contributed by atoms with E-state index < -0.39 is 0 Å². The van der Waals surface area contributed by atoms with E-state index in [1.54, 1.807) is 14.0 Å². The summed E-state index contributed by atoms with van der Waals surface area (Å²) in [4.78, 5) is 25.6. The zero-order valence-corrected chi connectivity index (χ0v) is 30.8. The smallest absolute Gasteiger partial charge is 0.183 e. The van der Waals surface area contributed by atoms with Crippen LogP contribution >= 0.6 is 0 Å². The van der Waals surface area contributed by atoms with Gasteiger partial charge < -0.3 is 30.4 Å². The van der Waals surface area contributed by atoms with E-state index in [0.29, 0.717) is 24.3 Å². The lowest BCUT2D eigenvalue weighted by Gasteiger charge is -2.24. The van der Waals surface area contributed by atoms with E-state index in [9.17, 15) is 4.79 Å². The molecule has 2 heterocycles. The number of Topliss-reactive ketones (excluding diaryl/α,β-unsaturated/α-hetero) is 1. The number of hydrogen-bond donors (Lipinski definition) is 4. The lowest BCUT2D eigenvalue weighted by Crippen LogP contribution is -2.27. The van der Waals surface area contributed by atoms with Crippen molar-refractivity contribution in [3.8, 4) is 5.75 Å². The summed E-state index contributed by atoms with van der Waals surface area (Å²) in [5.74, 6) is 2.40. The van der Waals surface area contributed by atoms with Crippen molar-refractivity contribution in [2.24, 2.45) is 5.41 Å². The maximum atomic E-state index is 11.5. The zero-order chi connectivity index (χ0) is 34.9. The zero-order valence-electron chi connectivity index (χ0n) is 30.8. The van der Waals surface area contributed by atoms with Gasteiger partial charge in [-0.3, -0.25) is 9.69 Å². The van der Waals surface area contributed by atoms with Gasteiger partial charge in [0.05, 0.1) is 24.7 Å². The lowest BCUT2D eigenvalue weighted by molar-refractivity contribution is -0.117. The molecule has 0 atom stereocenters. The highest BCUT2D eigenvalue weighted by molar-refractivity contribution is 5.92. The standard InChI is InChI=1S/C29H43N7O3.C5H12.C2H6/c1-8-10-25(39-29(3,4)5)31-14-9-13-30-23-15-22(11-12-24(23)38-7)35-28-26-21(18-36(6)17-20(2)37)16-32-27(26)33-19-34-28;1-5(2,3)4;1-2/h10-12,15-16,19,30-31H,8-9,13-14,17-18H2,1-7H3,(H2,32,33,34,35);1-4H3;1-2H3. The van der Waals surface area contributed by atoms with Gasteiger partial charge in [0.25, 0.3) is 0 Å². The lowest BCUT2D eigenvalue weighted by atomic mass is 10.0. The fourth-order valence-electron chi connectivity index (χ4n) is 4.22. The van der Waals surface area contributed by atoms with Crippen LogP contribution in [0, 0.1) is 5.41 Å². The average molecular weight is 640 g/mol. The van der Waals surface area contributed by atoms with Crippen molar-refractivity contribution in [3.63, 3.8) is 0 Å². The van der Waals surface area contributed by atoms with Gasteiger partial charge in [0.2, 0.25) is 0 Å². The second-order valence-electron chi connectivity index (χ2n) is 13.6. The SMILES string of the molecule is CC.CC(C)(C)C.CCC=C(NCCCNc1cc(Nc2ncnc3[nH]cc(CN(C)CC(C)=O)c23)ccc1OC)OC(C)(C)C. The van der Waals surface area contributed by atoms with Crippen molar-refractivity contribution < 1.29 is 14.3 Å². The number of likely N-dealkylation sites (N-methyl/N-ethyl adjacent to an activating group) is 1. The maximum Gasteiger partial charge on any atom is 0.183 e. The fourth-order valence-corrected chi connectivity index (χ4v) is 4.22. The number of carbonyl (C=O) groups is 1. The highest BCUT2D eigenvalue weighted by atomic mass is 16.5. The van der Waals surface area contributed by atoms with E-state index >= 15 is 0 Å². The van der Waals surface area contributed by atoms with E-state index in [0.717, 1.165) is 65.5 Å². The second-order valence-corrected chi connectivity index (χ2v) is 13.6. The van der Waals surface area contributed by atoms with Gasteiger partial charge in [-0.15, -0.1) is 0 Å². The molecule has 0 spiro atoms. The largest absolute Gasteiger partial charge is 0.495 e. The van der Waals surface area contributed by atoms with Crippen molar-refractivity contribution in [3.05, 3.63) is 48.2 Å². The minimum absolute atomic E-state index is 0.122. The molecule has 2 aromatic heterocycles. The molecule has 3 aromatic rings. The monoisotopic (exact) mass is 639 g/mol. The Kier molecular flexibility index (Phi) is 17.2. The van der Waals surface area contributed by atoms with Crippen molar-refractivity contribution in [1.29, 1.82) is 0 Å². The predicted molar refractivity (Wildman–Crippen MR) is 194 cm³/mol. The molecule has 10 heteroatoms. The van der Waals surface area contributed by atoms with E-state index in [-0.39, 0.29) is 11.4 Å². The first-order chi connectivity index (χ1) is 21.6. The molecule has 3 rings (SSSR count). The number of hydrogen-bond acceptors (Lipinski definition) is 9. The number of aromatic nitrogens is 3. The highest BCUT2D eigenvalue weighted by Gasteiger charge is 2.15. The number of anilines is 3. The maximum absolute atomic E-state index is 11.5. The van der Waals surface area contributed by atoms with Crippen LogP contribution in [0.15, 0.2) is 42.7 Å². The van der Waals surface area contributed by atoms with Gasteiger partial charge in [-0.25, -0.2) is 9.97 Å². The topological polar surface area (TPSA) is 116 Å². The molecule has 0 saturated heterocycles. The summed E-state index contributed by atoms with van der Waals surface area (Å²) in [6.07, 6.45) is 7.32. The van der Waals surface area contributed by atoms with Crippen LogP contribution in [0.25, 0.3) is 11.0 Å². The van der Waals surface area contributed by atoms with Gasteiger partial charge in [0, 0.05) is 31.5 Å². The molecular formula is C36H61N7O3. The summed E-state index contributed by atoms with van der Waals surface area (Å²) in [7, 11) is 3.59. The van der Waals surface area contributed by atoms with E-state index in [2.05, 4.69) is 71.6 Å². The molecule has 0 radical (unpaired) electrons. The number of H-pyrrole nitrogens is 1. The van der Waals surface area contributed by atoms with Gasteiger partial charge in [-0.05, 0) is 82.8 Å². The second kappa shape index (κ2) is 19.7. The van der Waals surface area contributed by atoms with Gasteiger partial charge >= 0.3 is 0 Å². The van der Waals surface area contributed by atoms with Crippen molar-refractivity contribution in [1.82, 2.24) is 25.2 Å². The number of nitrogens with zero attached hydrogens (tertiary/aromatic N) is 3. The molecule has 0 bridgehead atoms. The number of ether oxygens (including phenoxy) is 2. The molecule has 0 aliphatic rings. The Labute approximate surface area is 278 Å². The van der Waals surface area contributed by atoms with Crippen LogP contribution in [0.4, 0.5) is 17.2 Å². The van der Waals surface area contributed by atoms with Crippen LogP contribution in [0.5, 0.6) is 5.75 Å². The van der Waals surface area contributed by atoms with Crippen molar-refractivity contribution >= 4 is 34.0 Å². The summed E-state index contributed by atoms with van der Waals surface area (Å²) in [5, 5.41) is 11.2. The number of rotatable bonds is 15. The Balaban J connectivity index is 0.00000137. The molecule has 258 valence electrons. The molecule has 0 aliphatic heterocycles. The molecule has 46 heavy (non-hydrogen) atoms. The summed E-state index contributed by atoms with van der Waals surface area (Å²) in [5.41, 5.74) is 3.77. The Morgan fingerprint density at radius 2 is 1.74 bits per heavy atom. The van der Waals surface area contributed by atoms with Gasteiger partial charge in [0.15, 0.2) is 5.88 Å². The van der Waals surface area contributed by atoms with Crippen LogP contribution in [-0.4, -0.2) is 65.0 Å². The number of allylic oxidation sites excluding steroid dienone is 1. The first kappa shape index (κ1) is 40.2. The number of carbonyl (C=O) groups excluding carboxylic acids is 1. The van der Waals surface area contributed by atoms with Crippen molar-refractivity contribution in [2.45, 2.75) is 101 Å². The fraction of sp³-hybridized carbons (Fsp3) is 0.583. The van der Waals surface area contributed by atoms with Gasteiger partial charge in [0.1, 0.15) is 34.9 Å².